The average molecular weight is 256 g/mol. The van der Waals surface area contributed by atoms with E-state index in [2.05, 4.69) is 34.9 Å². The van der Waals surface area contributed by atoms with E-state index in [0.717, 1.165) is 28.1 Å². The number of anilines is 1. The highest BCUT2D eigenvalue weighted by molar-refractivity contribution is 5.59. The van der Waals surface area contributed by atoms with Gasteiger partial charge in [-0.15, -0.1) is 0 Å². The standard InChI is InChI=1S/C15H20N4/c1-8(2)12-11(5)18-15(19-14(12)16)13-10(4)6-9(3)7-17-13/h6-8H,1-5H3,(H2,16,18,19). The highest BCUT2D eigenvalue weighted by Crippen LogP contribution is 2.26. The fraction of sp³-hybridized carbons (Fsp3) is 0.400. The first-order chi connectivity index (χ1) is 8.90. The molecule has 0 aromatic carbocycles. The monoisotopic (exact) mass is 256 g/mol. The van der Waals surface area contributed by atoms with Crippen molar-refractivity contribution < 1.29 is 0 Å². The second-order valence-electron chi connectivity index (χ2n) is 5.26. The van der Waals surface area contributed by atoms with E-state index < -0.39 is 0 Å². The zero-order valence-corrected chi connectivity index (χ0v) is 12.2. The Morgan fingerprint density at radius 3 is 2.32 bits per heavy atom. The SMILES string of the molecule is Cc1cnc(-c2nc(C)c(C(C)C)c(N)n2)c(C)c1. The average Bonchev–Trinajstić information content (AvgIpc) is 2.26. The molecule has 0 fully saturated rings. The summed E-state index contributed by atoms with van der Waals surface area (Å²) in [6.45, 7) is 10.2. The van der Waals surface area contributed by atoms with Crippen molar-refractivity contribution in [2.45, 2.75) is 40.5 Å². The third kappa shape index (κ3) is 2.57. The molecule has 0 aliphatic carbocycles. The molecule has 2 heterocycles. The van der Waals surface area contributed by atoms with Crippen LogP contribution in [0, 0.1) is 20.8 Å². The molecule has 4 nitrogen and oxygen atoms in total. The third-order valence-corrected chi connectivity index (χ3v) is 3.17. The lowest BCUT2D eigenvalue weighted by Crippen LogP contribution is -2.07. The van der Waals surface area contributed by atoms with Gasteiger partial charge < -0.3 is 5.73 Å². The number of pyridine rings is 1. The van der Waals surface area contributed by atoms with Gasteiger partial charge in [0.15, 0.2) is 5.82 Å². The number of hydrogen-bond donors (Lipinski definition) is 1. The van der Waals surface area contributed by atoms with Crippen LogP contribution >= 0.6 is 0 Å². The van der Waals surface area contributed by atoms with Gasteiger partial charge in [0.05, 0.1) is 0 Å². The van der Waals surface area contributed by atoms with E-state index >= 15 is 0 Å². The molecular formula is C15H20N4. The molecule has 0 saturated heterocycles. The molecule has 0 aliphatic rings. The maximum atomic E-state index is 6.06. The third-order valence-electron chi connectivity index (χ3n) is 3.17. The highest BCUT2D eigenvalue weighted by atomic mass is 15.0. The number of nitrogens with two attached hydrogens (primary N) is 1. The summed E-state index contributed by atoms with van der Waals surface area (Å²) in [5.74, 6) is 1.48. The maximum Gasteiger partial charge on any atom is 0.180 e. The maximum absolute atomic E-state index is 6.06. The van der Waals surface area contributed by atoms with E-state index in [4.69, 9.17) is 5.73 Å². The largest absolute Gasteiger partial charge is 0.383 e. The summed E-state index contributed by atoms with van der Waals surface area (Å²) in [4.78, 5) is 13.4. The van der Waals surface area contributed by atoms with Crippen molar-refractivity contribution in [3.8, 4) is 11.5 Å². The Hall–Kier alpha value is -1.97. The molecule has 19 heavy (non-hydrogen) atoms. The van der Waals surface area contributed by atoms with E-state index in [0.29, 0.717) is 17.6 Å². The lowest BCUT2D eigenvalue weighted by molar-refractivity contribution is 0.835. The minimum atomic E-state index is 0.320. The quantitative estimate of drug-likeness (QED) is 0.896. The first-order valence-corrected chi connectivity index (χ1v) is 6.47. The van der Waals surface area contributed by atoms with Crippen molar-refractivity contribution >= 4 is 5.82 Å². The molecule has 100 valence electrons. The van der Waals surface area contributed by atoms with Crippen LogP contribution in [-0.4, -0.2) is 15.0 Å². The highest BCUT2D eigenvalue weighted by Gasteiger charge is 2.15. The molecule has 0 saturated carbocycles. The van der Waals surface area contributed by atoms with Crippen LogP contribution in [-0.2, 0) is 0 Å². The summed E-state index contributed by atoms with van der Waals surface area (Å²) in [5.41, 5.74) is 11.0. The van der Waals surface area contributed by atoms with Gasteiger partial charge in [-0.3, -0.25) is 4.98 Å². The normalized spacial score (nSPS) is 11.1. The number of aromatic nitrogens is 3. The van der Waals surface area contributed by atoms with Gasteiger partial charge in [0.25, 0.3) is 0 Å². The van der Waals surface area contributed by atoms with Gasteiger partial charge in [0, 0.05) is 17.5 Å². The Balaban J connectivity index is 2.58. The van der Waals surface area contributed by atoms with Gasteiger partial charge in [-0.1, -0.05) is 19.9 Å². The van der Waals surface area contributed by atoms with Crippen molar-refractivity contribution in [2.75, 3.05) is 5.73 Å². The molecular weight excluding hydrogens is 236 g/mol. The molecule has 2 rings (SSSR count). The van der Waals surface area contributed by atoms with Crippen molar-refractivity contribution in [3.05, 3.63) is 34.6 Å². The summed E-state index contributed by atoms with van der Waals surface area (Å²) in [7, 11) is 0. The predicted octanol–water partition coefficient (Wildman–Crippen LogP) is 3.17. The fourth-order valence-electron chi connectivity index (χ4n) is 2.37. The molecule has 0 spiro atoms. The van der Waals surface area contributed by atoms with Gasteiger partial charge in [-0.25, -0.2) is 9.97 Å². The molecule has 0 amide bonds. The zero-order valence-electron chi connectivity index (χ0n) is 12.2. The van der Waals surface area contributed by atoms with E-state index in [1.165, 1.54) is 0 Å². The van der Waals surface area contributed by atoms with Crippen LogP contribution in [0.5, 0.6) is 0 Å². The van der Waals surface area contributed by atoms with E-state index in [1.54, 1.807) is 0 Å². The fourth-order valence-corrected chi connectivity index (χ4v) is 2.37. The summed E-state index contributed by atoms with van der Waals surface area (Å²) < 4.78 is 0. The minimum Gasteiger partial charge on any atom is -0.383 e. The topological polar surface area (TPSA) is 64.7 Å². The van der Waals surface area contributed by atoms with Gasteiger partial charge in [0.1, 0.15) is 11.5 Å². The molecule has 2 aromatic rings. The van der Waals surface area contributed by atoms with Gasteiger partial charge in [-0.05, 0) is 37.8 Å². The summed E-state index contributed by atoms with van der Waals surface area (Å²) >= 11 is 0. The van der Waals surface area contributed by atoms with Crippen molar-refractivity contribution in [2.24, 2.45) is 0 Å². The predicted molar refractivity (Wildman–Crippen MR) is 78.0 cm³/mol. The molecule has 0 radical (unpaired) electrons. The Morgan fingerprint density at radius 2 is 1.79 bits per heavy atom. The summed E-state index contributed by atoms with van der Waals surface area (Å²) in [5, 5.41) is 0. The van der Waals surface area contributed by atoms with E-state index in [-0.39, 0.29) is 0 Å². The number of nitrogens with zero attached hydrogens (tertiary/aromatic N) is 3. The number of aryl methyl sites for hydroxylation is 3. The Labute approximate surface area is 114 Å². The van der Waals surface area contributed by atoms with Crippen LogP contribution in [0.1, 0.15) is 42.1 Å². The van der Waals surface area contributed by atoms with Crippen LogP contribution in [0.2, 0.25) is 0 Å². The van der Waals surface area contributed by atoms with Gasteiger partial charge >= 0.3 is 0 Å². The molecule has 0 atom stereocenters. The van der Waals surface area contributed by atoms with Gasteiger partial charge in [-0.2, -0.15) is 0 Å². The first kappa shape index (κ1) is 13.5. The molecule has 4 heteroatoms. The Kier molecular flexibility index (Phi) is 3.51. The minimum absolute atomic E-state index is 0.320. The molecule has 2 aromatic heterocycles. The molecule has 0 unspecified atom stereocenters. The molecule has 0 aliphatic heterocycles. The van der Waals surface area contributed by atoms with Crippen LogP contribution in [0.15, 0.2) is 12.3 Å². The first-order valence-electron chi connectivity index (χ1n) is 6.47. The Bertz CT molecular complexity index is 595. The van der Waals surface area contributed by atoms with Crippen LogP contribution in [0.4, 0.5) is 5.82 Å². The Morgan fingerprint density at radius 1 is 1.11 bits per heavy atom. The lowest BCUT2D eigenvalue weighted by Gasteiger charge is -2.13. The van der Waals surface area contributed by atoms with Crippen LogP contribution in [0.3, 0.4) is 0 Å². The second kappa shape index (κ2) is 4.96. The number of rotatable bonds is 2. The van der Waals surface area contributed by atoms with Gasteiger partial charge in [0.2, 0.25) is 0 Å². The smallest absolute Gasteiger partial charge is 0.180 e. The summed E-state index contributed by atoms with van der Waals surface area (Å²) in [6.07, 6.45) is 1.83. The molecule has 0 bridgehead atoms. The van der Waals surface area contributed by atoms with Crippen molar-refractivity contribution in [1.29, 1.82) is 0 Å². The molecule has 2 N–H and O–H groups in total. The van der Waals surface area contributed by atoms with E-state index in [9.17, 15) is 0 Å². The zero-order chi connectivity index (χ0) is 14.2. The van der Waals surface area contributed by atoms with Crippen LogP contribution < -0.4 is 5.73 Å². The summed E-state index contributed by atoms with van der Waals surface area (Å²) in [6, 6.07) is 2.08. The second-order valence-corrected chi connectivity index (χ2v) is 5.26. The van der Waals surface area contributed by atoms with Crippen LogP contribution in [0.25, 0.3) is 11.5 Å². The number of nitrogen functional groups attached to an aromatic ring is 1. The number of hydrogen-bond acceptors (Lipinski definition) is 4. The lowest BCUT2D eigenvalue weighted by atomic mass is 10.0. The van der Waals surface area contributed by atoms with E-state index in [1.807, 2.05) is 27.0 Å². The van der Waals surface area contributed by atoms with Crippen molar-refractivity contribution in [1.82, 2.24) is 15.0 Å². The van der Waals surface area contributed by atoms with Crippen molar-refractivity contribution in [3.63, 3.8) is 0 Å².